The largest absolute Gasteiger partial charge is 0.490 e. The van der Waals surface area contributed by atoms with E-state index in [1.165, 1.54) is 12.1 Å². The van der Waals surface area contributed by atoms with E-state index in [4.69, 9.17) is 29.0 Å². The van der Waals surface area contributed by atoms with Crippen molar-refractivity contribution in [1.29, 1.82) is 0 Å². The lowest BCUT2D eigenvalue weighted by Crippen LogP contribution is -2.46. The van der Waals surface area contributed by atoms with Crippen LogP contribution in [0.4, 0.5) is 10.2 Å². The minimum Gasteiger partial charge on any atom is -0.490 e. The maximum atomic E-state index is 14.3. The number of piperidine rings is 1. The Morgan fingerprint density at radius 1 is 1.04 bits per heavy atom. The van der Waals surface area contributed by atoms with Crippen molar-refractivity contribution >= 4 is 17.4 Å². The van der Waals surface area contributed by atoms with Gasteiger partial charge in [0.2, 0.25) is 0 Å². The molecule has 0 amide bonds. The van der Waals surface area contributed by atoms with Crippen LogP contribution in [-0.2, 0) is 19.0 Å². The Hall–Kier alpha value is -4.06. The van der Waals surface area contributed by atoms with Crippen molar-refractivity contribution in [3.05, 3.63) is 65.6 Å². The first-order chi connectivity index (χ1) is 21.9. The molecule has 1 saturated heterocycles. The number of benzene rings is 2. The first-order valence-electron chi connectivity index (χ1n) is 15.7. The third-order valence-electron chi connectivity index (χ3n) is 8.46. The molecule has 0 aliphatic carbocycles. The van der Waals surface area contributed by atoms with Gasteiger partial charge < -0.3 is 29.0 Å². The lowest BCUT2D eigenvalue weighted by molar-refractivity contribution is -0.160. The standard InChI is InChI=1S/C35H41FN4O6/c1-22-30(31(33(41)42)46-34(2,3)4)32-39-13-11-35(5,12-14-39)45-18-16-43-15-17-44-28-20-25(36)9-10-26(28)23-7-6-8-24(19-23)27-21-29(37-22)40(32)38-27/h6-10,19-21,31H,11-18H2,1-5H3,(H,41,42). The molecule has 3 aliphatic rings. The number of ether oxygens (including phenoxy) is 4. The average molecular weight is 633 g/mol. The Labute approximate surface area is 268 Å². The Balaban J connectivity index is 1.52. The van der Waals surface area contributed by atoms with Crippen molar-refractivity contribution in [2.24, 2.45) is 0 Å². The Kier molecular flexibility index (Phi) is 8.75. The number of anilines is 1. The average Bonchev–Trinajstić information content (AvgIpc) is 3.42. The van der Waals surface area contributed by atoms with Crippen molar-refractivity contribution in [2.45, 2.75) is 64.8 Å². The van der Waals surface area contributed by atoms with Gasteiger partial charge in [-0.2, -0.15) is 9.61 Å². The zero-order chi connectivity index (χ0) is 32.6. The number of aliphatic carboxylic acids is 1. The first kappa shape index (κ1) is 31.9. The highest BCUT2D eigenvalue weighted by Crippen LogP contribution is 2.39. The second kappa shape index (κ2) is 12.6. The minimum atomic E-state index is -1.26. The van der Waals surface area contributed by atoms with Crippen molar-refractivity contribution < 1.29 is 33.2 Å². The monoisotopic (exact) mass is 632 g/mol. The maximum Gasteiger partial charge on any atom is 0.337 e. The molecule has 2 aromatic heterocycles. The fraction of sp³-hybridized carbons (Fsp3) is 0.457. The summed E-state index contributed by atoms with van der Waals surface area (Å²) in [6.45, 7) is 12.1. The molecule has 4 aromatic rings. The molecule has 11 heteroatoms. The summed E-state index contributed by atoms with van der Waals surface area (Å²) in [5.74, 6) is -0.418. The van der Waals surface area contributed by atoms with Crippen LogP contribution in [-0.4, -0.2) is 76.4 Å². The summed E-state index contributed by atoms with van der Waals surface area (Å²) >= 11 is 0. The molecule has 6 bridgehead atoms. The minimum absolute atomic E-state index is 0.265. The molecule has 1 atom stereocenters. The van der Waals surface area contributed by atoms with Gasteiger partial charge in [0.05, 0.1) is 42.3 Å². The van der Waals surface area contributed by atoms with Crippen molar-refractivity contribution in [3.63, 3.8) is 0 Å². The van der Waals surface area contributed by atoms with Crippen LogP contribution in [0.25, 0.3) is 28.0 Å². The maximum absolute atomic E-state index is 14.3. The van der Waals surface area contributed by atoms with Gasteiger partial charge in [0.15, 0.2) is 11.8 Å². The normalized spacial score (nSPS) is 17.8. The molecule has 1 unspecified atom stereocenters. The van der Waals surface area contributed by atoms with Crippen LogP contribution in [0.15, 0.2) is 48.5 Å². The quantitative estimate of drug-likeness (QED) is 0.263. The number of aromatic nitrogens is 3. The third-order valence-corrected chi connectivity index (χ3v) is 8.46. The summed E-state index contributed by atoms with van der Waals surface area (Å²) in [5, 5.41) is 15.5. The number of fused-ring (bicyclic) bond motifs is 8. The van der Waals surface area contributed by atoms with Gasteiger partial charge in [-0.05, 0) is 71.2 Å². The van der Waals surface area contributed by atoms with Crippen LogP contribution >= 0.6 is 0 Å². The van der Waals surface area contributed by atoms with Crippen LogP contribution in [0, 0.1) is 12.7 Å². The van der Waals surface area contributed by atoms with Gasteiger partial charge in [-0.15, -0.1) is 0 Å². The number of nitrogens with zero attached hydrogens (tertiary/aromatic N) is 4. The molecule has 46 heavy (non-hydrogen) atoms. The van der Waals surface area contributed by atoms with Crippen LogP contribution in [0.1, 0.15) is 57.9 Å². The highest BCUT2D eigenvalue weighted by atomic mass is 19.1. The van der Waals surface area contributed by atoms with Crippen LogP contribution < -0.4 is 9.64 Å². The smallest absolute Gasteiger partial charge is 0.337 e. The molecule has 10 nitrogen and oxygen atoms in total. The number of rotatable bonds is 3. The molecule has 0 radical (unpaired) electrons. The number of hydrogen-bond acceptors (Lipinski definition) is 8. The fourth-order valence-electron chi connectivity index (χ4n) is 6.15. The topological polar surface area (TPSA) is 108 Å². The molecular formula is C35H41FN4O6. The van der Waals surface area contributed by atoms with Crippen molar-refractivity contribution in [1.82, 2.24) is 14.6 Å². The number of carboxylic acid groups (broad SMARTS) is 1. The van der Waals surface area contributed by atoms with Gasteiger partial charge in [-0.3, -0.25) is 0 Å². The van der Waals surface area contributed by atoms with Crippen molar-refractivity contribution in [2.75, 3.05) is 44.4 Å². The molecule has 3 aliphatic heterocycles. The first-order valence-corrected chi connectivity index (χ1v) is 15.7. The molecule has 2 aromatic carbocycles. The number of halogens is 1. The summed E-state index contributed by atoms with van der Waals surface area (Å²) in [7, 11) is 0. The number of carboxylic acids is 1. The molecule has 244 valence electrons. The molecule has 1 N–H and O–H groups in total. The van der Waals surface area contributed by atoms with Gasteiger partial charge in [-0.25, -0.2) is 14.2 Å². The Morgan fingerprint density at radius 3 is 2.52 bits per heavy atom. The number of aryl methyl sites for hydroxylation is 1. The molecule has 0 saturated carbocycles. The molecule has 5 heterocycles. The summed E-state index contributed by atoms with van der Waals surface area (Å²) in [6, 6.07) is 14.2. The Bertz CT molecular complexity index is 1740. The van der Waals surface area contributed by atoms with E-state index in [2.05, 4.69) is 11.8 Å². The third kappa shape index (κ3) is 6.72. The van der Waals surface area contributed by atoms with Gasteiger partial charge >= 0.3 is 5.97 Å². The van der Waals surface area contributed by atoms with Crippen LogP contribution in [0.3, 0.4) is 0 Å². The van der Waals surface area contributed by atoms with E-state index in [-0.39, 0.29) is 12.2 Å². The highest BCUT2D eigenvalue weighted by molar-refractivity contribution is 5.80. The predicted octanol–water partition coefficient (Wildman–Crippen LogP) is 6.24. The lowest BCUT2D eigenvalue weighted by Gasteiger charge is -2.41. The van der Waals surface area contributed by atoms with E-state index in [0.29, 0.717) is 67.1 Å². The summed E-state index contributed by atoms with van der Waals surface area (Å²) in [5.41, 5.74) is 3.58. The molecule has 0 spiro atoms. The summed E-state index contributed by atoms with van der Waals surface area (Å²) < 4.78 is 40.3. The number of carbonyl (C=O) groups is 1. The van der Waals surface area contributed by atoms with Gasteiger partial charge in [0, 0.05) is 42.0 Å². The van der Waals surface area contributed by atoms with Crippen LogP contribution in [0.2, 0.25) is 0 Å². The second-order valence-electron chi connectivity index (χ2n) is 13.2. The Morgan fingerprint density at radius 2 is 1.78 bits per heavy atom. The fourth-order valence-corrected chi connectivity index (χ4v) is 6.15. The lowest BCUT2D eigenvalue weighted by atomic mass is 9.92. The van der Waals surface area contributed by atoms with E-state index in [1.54, 1.807) is 10.6 Å². The molecular weight excluding hydrogens is 591 g/mol. The summed E-state index contributed by atoms with van der Waals surface area (Å²) in [4.78, 5) is 19.8. The van der Waals surface area contributed by atoms with E-state index in [1.807, 2.05) is 58.0 Å². The SMILES string of the molecule is Cc1nc2cc3nn2c(c1C(OC(C)(C)C)C(=O)O)N1CCC(C)(CC1)OCCOCCOc1cc(F)ccc1-c1cccc-3c1. The summed E-state index contributed by atoms with van der Waals surface area (Å²) in [6.07, 6.45) is 0.177. The number of hydrogen-bond donors (Lipinski definition) is 1. The van der Waals surface area contributed by atoms with E-state index in [0.717, 1.165) is 29.5 Å². The van der Waals surface area contributed by atoms with Crippen LogP contribution in [0.5, 0.6) is 5.75 Å². The predicted molar refractivity (Wildman–Crippen MR) is 172 cm³/mol. The zero-order valence-corrected chi connectivity index (χ0v) is 27.0. The van der Waals surface area contributed by atoms with Crippen molar-refractivity contribution in [3.8, 4) is 28.1 Å². The van der Waals surface area contributed by atoms with Gasteiger partial charge in [0.25, 0.3) is 0 Å². The zero-order valence-electron chi connectivity index (χ0n) is 27.0. The second-order valence-corrected chi connectivity index (χ2v) is 13.2. The van der Waals surface area contributed by atoms with Gasteiger partial charge in [0.1, 0.15) is 24.0 Å². The molecule has 1 fully saturated rings. The highest BCUT2D eigenvalue weighted by Gasteiger charge is 2.38. The molecule has 7 rings (SSSR count). The van der Waals surface area contributed by atoms with E-state index < -0.39 is 23.5 Å². The van der Waals surface area contributed by atoms with Gasteiger partial charge in [-0.1, -0.05) is 18.2 Å². The van der Waals surface area contributed by atoms with E-state index >= 15 is 0 Å². The van der Waals surface area contributed by atoms with E-state index in [9.17, 15) is 14.3 Å².